The first-order valence-electron chi connectivity index (χ1n) is 9.62. The van der Waals surface area contributed by atoms with Gasteiger partial charge in [-0.05, 0) is 56.6 Å². The molecular weight excluding hydrogens is 370 g/mol. The van der Waals surface area contributed by atoms with Crippen molar-refractivity contribution >= 4 is 24.5 Å². The van der Waals surface area contributed by atoms with Crippen LogP contribution in [0.25, 0.3) is 0 Å². The molecule has 0 aromatic carbocycles. The highest BCUT2D eigenvalue weighted by molar-refractivity contribution is 7.80. The maximum Gasteiger partial charge on any atom is 0.327 e. The van der Waals surface area contributed by atoms with E-state index in [1.54, 1.807) is 6.92 Å². The fourth-order valence-electron chi connectivity index (χ4n) is 3.29. The highest BCUT2D eigenvalue weighted by atomic mass is 32.1. The Labute approximate surface area is 174 Å². The van der Waals surface area contributed by atoms with Gasteiger partial charge in [-0.25, -0.2) is 4.79 Å². The zero-order valence-electron chi connectivity index (χ0n) is 17.6. The molecule has 1 amide bonds. The minimum atomic E-state index is -1.10. The first-order valence-corrected chi connectivity index (χ1v) is 10.3. The summed E-state index contributed by atoms with van der Waals surface area (Å²) in [5, 5.41) is 11.3. The summed E-state index contributed by atoms with van der Waals surface area (Å²) in [6.45, 7) is 10.7. The van der Waals surface area contributed by atoms with Gasteiger partial charge in [0.25, 0.3) is 0 Å². The van der Waals surface area contributed by atoms with Crippen molar-refractivity contribution in [1.82, 2.24) is 5.32 Å². The third-order valence-electron chi connectivity index (χ3n) is 4.93. The molecule has 1 aliphatic rings. The average Bonchev–Trinajstić information content (AvgIpc) is 2.58. The van der Waals surface area contributed by atoms with Crippen molar-refractivity contribution < 1.29 is 14.7 Å². The first kappa shape index (κ1) is 24.0. The Hall–Kier alpha value is -2.01. The van der Waals surface area contributed by atoms with Crippen LogP contribution in [0, 0.1) is 5.41 Å². The minimum absolute atomic E-state index is 0.0464. The van der Waals surface area contributed by atoms with E-state index in [4.69, 9.17) is 5.11 Å². The van der Waals surface area contributed by atoms with Gasteiger partial charge in [-0.3, -0.25) is 4.79 Å². The van der Waals surface area contributed by atoms with E-state index in [9.17, 15) is 9.59 Å². The Morgan fingerprint density at radius 3 is 2.50 bits per heavy atom. The number of carbonyl (C=O) groups is 2. The van der Waals surface area contributed by atoms with E-state index in [1.807, 2.05) is 25.2 Å². The summed E-state index contributed by atoms with van der Waals surface area (Å²) >= 11 is 3.93. The quantitative estimate of drug-likeness (QED) is 0.303. The van der Waals surface area contributed by atoms with Crippen molar-refractivity contribution in [1.29, 1.82) is 0 Å². The van der Waals surface area contributed by atoms with Gasteiger partial charge >= 0.3 is 5.97 Å². The number of allylic oxidation sites excluding steroid dienone is 9. The van der Waals surface area contributed by atoms with Crippen molar-refractivity contribution in [3.05, 3.63) is 58.7 Å². The second-order valence-electron chi connectivity index (χ2n) is 8.00. The van der Waals surface area contributed by atoms with Gasteiger partial charge in [0.1, 0.15) is 6.04 Å². The summed E-state index contributed by atoms with van der Waals surface area (Å²) in [5.41, 5.74) is 4.99. The molecule has 0 aromatic rings. The van der Waals surface area contributed by atoms with Gasteiger partial charge in [0.15, 0.2) is 0 Å². The molecular formula is C23H33NO3S. The van der Waals surface area contributed by atoms with Gasteiger partial charge in [0.2, 0.25) is 5.91 Å². The van der Waals surface area contributed by atoms with Gasteiger partial charge in [-0.1, -0.05) is 55.4 Å². The summed E-state index contributed by atoms with van der Waals surface area (Å²) in [6, 6.07) is -0.988. The van der Waals surface area contributed by atoms with E-state index in [2.05, 4.69) is 50.9 Å². The third kappa shape index (κ3) is 7.93. The van der Waals surface area contributed by atoms with E-state index >= 15 is 0 Å². The number of carboxylic acids is 1. The monoisotopic (exact) mass is 403 g/mol. The number of carboxylic acid groups (broad SMARTS) is 1. The average molecular weight is 404 g/mol. The van der Waals surface area contributed by atoms with Crippen molar-refractivity contribution in [3.8, 4) is 0 Å². The Balaban J connectivity index is 2.72. The van der Waals surface area contributed by atoms with Crippen LogP contribution in [0.5, 0.6) is 0 Å². The van der Waals surface area contributed by atoms with Crippen molar-refractivity contribution in [2.75, 3.05) is 5.75 Å². The molecule has 0 aromatic heterocycles. The molecule has 154 valence electrons. The lowest BCUT2D eigenvalue weighted by atomic mass is 9.72. The van der Waals surface area contributed by atoms with Crippen LogP contribution in [0.4, 0.5) is 0 Å². The topological polar surface area (TPSA) is 66.4 Å². The summed E-state index contributed by atoms with van der Waals surface area (Å²) in [4.78, 5) is 22.8. The van der Waals surface area contributed by atoms with Crippen molar-refractivity contribution in [3.63, 3.8) is 0 Å². The van der Waals surface area contributed by atoms with Crippen molar-refractivity contribution in [2.24, 2.45) is 5.41 Å². The molecule has 0 fully saturated rings. The SMILES string of the molecule is CC(C=CC1=C(C)CCCC1(C)C)=CC=CC(C)=CC(=O)N[C@@H](CS)C(=O)O. The van der Waals surface area contributed by atoms with Crippen LogP contribution in [0.1, 0.15) is 53.9 Å². The van der Waals surface area contributed by atoms with E-state index in [0.29, 0.717) is 0 Å². The lowest BCUT2D eigenvalue weighted by molar-refractivity contribution is -0.140. The van der Waals surface area contributed by atoms with Gasteiger partial charge in [-0.15, -0.1) is 0 Å². The Kier molecular flexibility index (Phi) is 9.53. The number of carbonyl (C=O) groups excluding carboxylic acids is 1. The summed E-state index contributed by atoms with van der Waals surface area (Å²) in [7, 11) is 0. The molecule has 0 unspecified atom stereocenters. The maximum absolute atomic E-state index is 11.8. The molecule has 0 bridgehead atoms. The molecule has 4 nitrogen and oxygen atoms in total. The van der Waals surface area contributed by atoms with Gasteiger partial charge in [-0.2, -0.15) is 12.6 Å². The maximum atomic E-state index is 11.8. The predicted molar refractivity (Wildman–Crippen MR) is 120 cm³/mol. The fraction of sp³-hybridized carbons (Fsp3) is 0.478. The molecule has 28 heavy (non-hydrogen) atoms. The molecule has 0 heterocycles. The van der Waals surface area contributed by atoms with E-state index < -0.39 is 17.9 Å². The first-order chi connectivity index (χ1) is 13.1. The Bertz CT molecular complexity index is 739. The number of hydrogen-bond acceptors (Lipinski definition) is 3. The molecule has 0 spiro atoms. The Morgan fingerprint density at radius 1 is 1.25 bits per heavy atom. The Morgan fingerprint density at radius 2 is 1.93 bits per heavy atom. The van der Waals surface area contributed by atoms with E-state index in [-0.39, 0.29) is 11.2 Å². The van der Waals surface area contributed by atoms with E-state index in [0.717, 1.165) is 11.1 Å². The minimum Gasteiger partial charge on any atom is -0.480 e. The van der Waals surface area contributed by atoms with Crippen LogP contribution in [-0.4, -0.2) is 28.8 Å². The molecule has 1 aliphatic carbocycles. The number of nitrogens with one attached hydrogen (secondary N) is 1. The van der Waals surface area contributed by atoms with Crippen LogP contribution in [-0.2, 0) is 9.59 Å². The molecule has 2 N–H and O–H groups in total. The highest BCUT2D eigenvalue weighted by Crippen LogP contribution is 2.40. The number of thiol groups is 1. The summed E-state index contributed by atoms with van der Waals surface area (Å²) in [6.07, 6.45) is 15.1. The molecule has 5 heteroatoms. The standard InChI is InChI=1S/C23H33NO3S/c1-16(11-12-19-18(3)10-7-13-23(19,4)5)8-6-9-17(2)14-21(25)24-20(15-28)22(26)27/h6,8-9,11-12,14,20,28H,7,10,13,15H2,1-5H3,(H,24,25)(H,26,27)/t20-/m0/s1. The summed E-state index contributed by atoms with van der Waals surface area (Å²) in [5.74, 6) is -1.49. The van der Waals surface area contributed by atoms with Gasteiger partial charge in [0, 0.05) is 11.8 Å². The van der Waals surface area contributed by atoms with Crippen LogP contribution in [0.3, 0.4) is 0 Å². The second-order valence-corrected chi connectivity index (χ2v) is 8.37. The van der Waals surface area contributed by atoms with E-state index in [1.165, 1.54) is 36.5 Å². The third-order valence-corrected chi connectivity index (χ3v) is 5.29. The lowest BCUT2D eigenvalue weighted by Crippen LogP contribution is -2.41. The molecule has 0 saturated heterocycles. The largest absolute Gasteiger partial charge is 0.480 e. The zero-order valence-corrected chi connectivity index (χ0v) is 18.5. The van der Waals surface area contributed by atoms with Crippen molar-refractivity contribution in [2.45, 2.75) is 59.9 Å². The highest BCUT2D eigenvalue weighted by Gasteiger charge is 2.26. The van der Waals surface area contributed by atoms with Crippen LogP contribution in [0.2, 0.25) is 0 Å². The lowest BCUT2D eigenvalue weighted by Gasteiger charge is -2.32. The van der Waals surface area contributed by atoms with Crippen LogP contribution < -0.4 is 5.32 Å². The number of hydrogen-bond donors (Lipinski definition) is 3. The molecule has 0 radical (unpaired) electrons. The summed E-state index contributed by atoms with van der Waals surface area (Å²) < 4.78 is 0. The number of rotatable bonds is 8. The molecule has 0 saturated carbocycles. The van der Waals surface area contributed by atoms with Crippen LogP contribution >= 0.6 is 12.6 Å². The number of aliphatic carboxylic acids is 1. The van der Waals surface area contributed by atoms with Gasteiger partial charge < -0.3 is 10.4 Å². The fourth-order valence-corrected chi connectivity index (χ4v) is 3.53. The smallest absolute Gasteiger partial charge is 0.327 e. The molecule has 0 aliphatic heterocycles. The molecule has 1 rings (SSSR count). The van der Waals surface area contributed by atoms with Crippen LogP contribution in [0.15, 0.2) is 58.7 Å². The zero-order chi connectivity index (χ0) is 21.3. The second kappa shape index (κ2) is 11.1. The number of amides is 1. The van der Waals surface area contributed by atoms with Gasteiger partial charge in [0.05, 0.1) is 0 Å². The predicted octanol–water partition coefficient (Wildman–Crippen LogP) is 5.02. The normalized spacial score (nSPS) is 19.4. The molecule has 1 atom stereocenters.